The smallest absolute Gasteiger partial charge is 0.337 e. The molecule has 0 atom stereocenters. The maximum absolute atomic E-state index is 12.6. The molecule has 2 fully saturated rings. The third-order valence-electron chi connectivity index (χ3n) is 5.08. The Balaban J connectivity index is 1.62. The second-order valence-corrected chi connectivity index (χ2v) is 9.30. The predicted molar refractivity (Wildman–Crippen MR) is 96.4 cm³/mol. The number of nitrogens with zero attached hydrogens (tertiary/aromatic N) is 2. The molecule has 0 aliphatic carbocycles. The van der Waals surface area contributed by atoms with Gasteiger partial charge in [0.15, 0.2) is 0 Å². The summed E-state index contributed by atoms with van der Waals surface area (Å²) in [6.07, 6.45) is 3.12. The largest absolute Gasteiger partial charge is 0.478 e. The molecule has 2 saturated heterocycles. The molecule has 6 nitrogen and oxygen atoms in total. The number of aromatic carboxylic acids is 1. The van der Waals surface area contributed by atoms with Gasteiger partial charge in [0.1, 0.15) is 0 Å². The van der Waals surface area contributed by atoms with Gasteiger partial charge in [-0.2, -0.15) is 0 Å². The van der Waals surface area contributed by atoms with E-state index in [4.69, 9.17) is 16.7 Å². The fraction of sp³-hybridized carbons (Fsp3) is 0.588. The fourth-order valence-corrected chi connectivity index (χ4v) is 5.89. The van der Waals surface area contributed by atoms with Gasteiger partial charge in [-0.3, -0.25) is 4.90 Å². The molecule has 0 aromatic heterocycles. The lowest BCUT2D eigenvalue weighted by atomic mass is 10.1. The van der Waals surface area contributed by atoms with Crippen LogP contribution >= 0.6 is 11.6 Å². The number of halogens is 1. The van der Waals surface area contributed by atoms with E-state index in [9.17, 15) is 13.2 Å². The molecule has 2 aliphatic rings. The quantitative estimate of drug-likeness (QED) is 0.840. The topological polar surface area (TPSA) is 77.9 Å². The Hall–Kier alpha value is -1.15. The number of carboxylic acid groups (broad SMARTS) is 1. The number of sulfonamides is 1. The van der Waals surface area contributed by atoms with Crippen LogP contribution in [0.15, 0.2) is 18.2 Å². The Labute approximate surface area is 153 Å². The van der Waals surface area contributed by atoms with Gasteiger partial charge < -0.3 is 5.11 Å². The van der Waals surface area contributed by atoms with Crippen molar-refractivity contribution >= 4 is 27.6 Å². The van der Waals surface area contributed by atoms with Crippen LogP contribution in [0.3, 0.4) is 0 Å². The number of carbonyl (C=O) groups is 1. The summed E-state index contributed by atoms with van der Waals surface area (Å²) in [7, 11) is -3.18. The normalized spacial score (nSPS) is 20.8. The van der Waals surface area contributed by atoms with Crippen molar-refractivity contribution in [2.75, 3.05) is 26.2 Å². The average Bonchev–Trinajstić information content (AvgIpc) is 3.12. The second-order valence-electron chi connectivity index (χ2n) is 6.71. The fourth-order valence-electron chi connectivity index (χ4n) is 3.63. The van der Waals surface area contributed by atoms with E-state index >= 15 is 0 Å². The minimum Gasteiger partial charge on any atom is -0.478 e. The van der Waals surface area contributed by atoms with Crippen molar-refractivity contribution in [3.8, 4) is 0 Å². The van der Waals surface area contributed by atoms with Crippen molar-refractivity contribution in [2.45, 2.75) is 37.5 Å². The number of benzene rings is 1. The first kappa shape index (κ1) is 18.6. The Kier molecular flexibility index (Phi) is 5.68. The van der Waals surface area contributed by atoms with Crippen LogP contribution < -0.4 is 0 Å². The summed E-state index contributed by atoms with van der Waals surface area (Å²) < 4.78 is 26.9. The number of rotatable bonds is 5. The third kappa shape index (κ3) is 4.00. The molecule has 138 valence electrons. The highest BCUT2D eigenvalue weighted by Crippen LogP contribution is 2.27. The van der Waals surface area contributed by atoms with Crippen molar-refractivity contribution in [2.24, 2.45) is 0 Å². The number of carboxylic acids is 1. The molecule has 1 aromatic carbocycles. The van der Waals surface area contributed by atoms with Gasteiger partial charge >= 0.3 is 5.97 Å². The predicted octanol–water partition coefficient (Wildman–Crippen LogP) is 2.43. The van der Waals surface area contributed by atoms with E-state index in [0.717, 1.165) is 18.4 Å². The standard InChI is InChI=1S/C17H23ClN2O4S/c18-16-13(4-3-5-15(16)17(21)22)12-19-10-6-14(7-11-19)25(23,24)20-8-1-2-9-20/h3-5,14H,1-2,6-12H2,(H,21,22). The molecule has 2 aliphatic heterocycles. The molecule has 0 spiro atoms. The van der Waals surface area contributed by atoms with E-state index in [-0.39, 0.29) is 15.8 Å². The zero-order valence-corrected chi connectivity index (χ0v) is 15.6. The SMILES string of the molecule is O=C(O)c1cccc(CN2CCC(S(=O)(=O)N3CCCC3)CC2)c1Cl. The van der Waals surface area contributed by atoms with Crippen LogP contribution in [0.1, 0.15) is 41.6 Å². The summed E-state index contributed by atoms with van der Waals surface area (Å²) in [4.78, 5) is 13.3. The first-order chi connectivity index (χ1) is 11.9. The second kappa shape index (κ2) is 7.61. The van der Waals surface area contributed by atoms with Crippen LogP contribution in [0.5, 0.6) is 0 Å². The van der Waals surface area contributed by atoms with E-state index in [1.54, 1.807) is 10.4 Å². The lowest BCUT2D eigenvalue weighted by Gasteiger charge is -2.33. The van der Waals surface area contributed by atoms with Crippen LogP contribution in [0, 0.1) is 0 Å². The molecule has 0 bridgehead atoms. The summed E-state index contributed by atoms with van der Waals surface area (Å²) in [5.41, 5.74) is 0.869. The number of hydrogen-bond acceptors (Lipinski definition) is 4. The maximum Gasteiger partial charge on any atom is 0.337 e. The Bertz CT molecular complexity index is 739. The number of hydrogen-bond donors (Lipinski definition) is 1. The van der Waals surface area contributed by atoms with Crippen molar-refractivity contribution in [1.82, 2.24) is 9.21 Å². The summed E-state index contributed by atoms with van der Waals surface area (Å²) in [5, 5.41) is 9.12. The van der Waals surface area contributed by atoms with Gasteiger partial charge in [-0.1, -0.05) is 23.7 Å². The van der Waals surface area contributed by atoms with Gasteiger partial charge in [-0.25, -0.2) is 17.5 Å². The third-order valence-corrected chi connectivity index (χ3v) is 7.93. The lowest BCUT2D eigenvalue weighted by molar-refractivity contribution is 0.0697. The summed E-state index contributed by atoms with van der Waals surface area (Å²) >= 11 is 6.20. The molecule has 2 heterocycles. The maximum atomic E-state index is 12.6. The monoisotopic (exact) mass is 386 g/mol. The number of likely N-dealkylation sites (tertiary alicyclic amines) is 1. The molecule has 25 heavy (non-hydrogen) atoms. The van der Waals surface area contributed by atoms with Gasteiger partial charge in [-0.15, -0.1) is 0 Å². The molecule has 0 saturated carbocycles. The van der Waals surface area contributed by atoms with Gasteiger partial charge in [0.2, 0.25) is 10.0 Å². The van der Waals surface area contributed by atoms with Crippen LogP contribution in [0.4, 0.5) is 0 Å². The molecule has 0 radical (unpaired) electrons. The van der Waals surface area contributed by atoms with Crippen LogP contribution in [-0.2, 0) is 16.6 Å². The summed E-state index contributed by atoms with van der Waals surface area (Å²) in [6.45, 7) is 3.19. The average molecular weight is 387 g/mol. The van der Waals surface area contributed by atoms with E-state index in [0.29, 0.717) is 45.6 Å². The van der Waals surface area contributed by atoms with Crippen LogP contribution in [0.25, 0.3) is 0 Å². The van der Waals surface area contributed by atoms with E-state index in [1.165, 1.54) is 6.07 Å². The van der Waals surface area contributed by atoms with Gasteiger partial charge in [0, 0.05) is 19.6 Å². The molecule has 0 unspecified atom stereocenters. The molecule has 0 amide bonds. The Morgan fingerprint density at radius 1 is 1.16 bits per heavy atom. The lowest BCUT2D eigenvalue weighted by Crippen LogP contribution is -2.44. The molecular formula is C17H23ClN2O4S. The summed E-state index contributed by atoms with van der Waals surface area (Å²) in [5.74, 6) is -1.04. The zero-order chi connectivity index (χ0) is 18.0. The zero-order valence-electron chi connectivity index (χ0n) is 14.0. The van der Waals surface area contributed by atoms with Gasteiger partial charge in [0.05, 0.1) is 15.8 Å². The highest BCUT2D eigenvalue weighted by Gasteiger charge is 2.35. The Morgan fingerprint density at radius 2 is 1.80 bits per heavy atom. The Morgan fingerprint density at radius 3 is 2.40 bits per heavy atom. The van der Waals surface area contributed by atoms with Crippen molar-refractivity contribution < 1.29 is 18.3 Å². The highest BCUT2D eigenvalue weighted by molar-refractivity contribution is 7.89. The van der Waals surface area contributed by atoms with Crippen LogP contribution in [-0.4, -0.2) is 60.1 Å². The van der Waals surface area contributed by atoms with E-state index < -0.39 is 16.0 Å². The summed E-state index contributed by atoms with van der Waals surface area (Å²) in [6, 6.07) is 5.00. The molecule has 1 aromatic rings. The first-order valence-electron chi connectivity index (χ1n) is 8.61. The molecule has 1 N–H and O–H groups in total. The molecule has 3 rings (SSSR count). The number of piperidine rings is 1. The van der Waals surface area contributed by atoms with Crippen LogP contribution in [0.2, 0.25) is 5.02 Å². The van der Waals surface area contributed by atoms with E-state index in [1.807, 2.05) is 6.07 Å². The van der Waals surface area contributed by atoms with Crippen molar-refractivity contribution in [1.29, 1.82) is 0 Å². The van der Waals surface area contributed by atoms with Gasteiger partial charge in [-0.05, 0) is 50.4 Å². The highest BCUT2D eigenvalue weighted by atomic mass is 35.5. The van der Waals surface area contributed by atoms with E-state index in [2.05, 4.69) is 4.90 Å². The molecule has 8 heteroatoms. The minimum absolute atomic E-state index is 0.102. The van der Waals surface area contributed by atoms with Crippen molar-refractivity contribution in [3.63, 3.8) is 0 Å². The van der Waals surface area contributed by atoms with Gasteiger partial charge in [0.25, 0.3) is 0 Å². The first-order valence-corrected chi connectivity index (χ1v) is 10.5. The molecular weight excluding hydrogens is 364 g/mol. The minimum atomic E-state index is -3.18. The van der Waals surface area contributed by atoms with Crippen molar-refractivity contribution in [3.05, 3.63) is 34.3 Å².